The second-order valence-corrected chi connectivity index (χ2v) is 3.59. The number of ether oxygens (including phenoxy) is 1. The second-order valence-electron chi connectivity index (χ2n) is 3.59. The van der Waals surface area contributed by atoms with Gasteiger partial charge in [0.25, 0.3) is 0 Å². The van der Waals surface area contributed by atoms with Gasteiger partial charge in [0, 0.05) is 6.54 Å². The van der Waals surface area contributed by atoms with E-state index in [0.717, 1.165) is 0 Å². The van der Waals surface area contributed by atoms with E-state index in [1.54, 1.807) is 31.2 Å². The summed E-state index contributed by atoms with van der Waals surface area (Å²) in [5.41, 5.74) is 1.16. The third-order valence-corrected chi connectivity index (χ3v) is 2.39. The van der Waals surface area contributed by atoms with E-state index >= 15 is 0 Å². The molecule has 0 aromatic heterocycles. The molecule has 0 aliphatic carbocycles. The Morgan fingerprint density at radius 1 is 1.41 bits per heavy atom. The maximum absolute atomic E-state index is 11.4. The Hall–Kier alpha value is -1.88. The van der Waals surface area contributed by atoms with Crippen molar-refractivity contribution >= 4 is 11.9 Å². The molecule has 1 unspecified atom stereocenters. The van der Waals surface area contributed by atoms with Crippen LogP contribution in [0.3, 0.4) is 0 Å². The highest BCUT2D eigenvalue weighted by Gasteiger charge is 2.13. The number of carboxylic acid groups (broad SMARTS) is 1. The summed E-state index contributed by atoms with van der Waals surface area (Å²) in [5.74, 6) is -1.36. The van der Waals surface area contributed by atoms with Crippen molar-refractivity contribution in [3.8, 4) is 0 Å². The normalized spacial score (nSPS) is 11.9. The van der Waals surface area contributed by atoms with Gasteiger partial charge in [-0.3, -0.25) is 4.79 Å². The molecule has 1 rings (SSSR count). The first-order valence-corrected chi connectivity index (χ1v) is 5.18. The summed E-state index contributed by atoms with van der Waals surface area (Å²) >= 11 is 0. The van der Waals surface area contributed by atoms with E-state index in [4.69, 9.17) is 5.11 Å². The summed E-state index contributed by atoms with van der Waals surface area (Å²) in [6, 6.07) is 6.26. The molecular formula is C12H15NO4. The number of carbonyl (C=O) groups excluding carboxylic acids is 1. The summed E-state index contributed by atoms with van der Waals surface area (Å²) in [5, 5.41) is 11.5. The number of esters is 1. The molecule has 0 aliphatic rings. The highest BCUT2D eigenvalue weighted by molar-refractivity contribution is 5.91. The molecule has 17 heavy (non-hydrogen) atoms. The molecule has 2 N–H and O–H groups in total. The number of hydrogen-bond donors (Lipinski definition) is 2. The number of carboxylic acids is 1. The first-order valence-electron chi connectivity index (χ1n) is 5.18. The molecule has 0 heterocycles. The van der Waals surface area contributed by atoms with Crippen molar-refractivity contribution in [2.24, 2.45) is 0 Å². The van der Waals surface area contributed by atoms with Crippen LogP contribution in [0, 0.1) is 0 Å². The van der Waals surface area contributed by atoms with Crippen LogP contribution in [-0.4, -0.2) is 30.2 Å². The zero-order valence-corrected chi connectivity index (χ0v) is 9.77. The first kappa shape index (κ1) is 13.2. The molecule has 5 nitrogen and oxygen atoms in total. The largest absolute Gasteiger partial charge is 0.480 e. The molecule has 0 spiro atoms. The topological polar surface area (TPSA) is 75.6 Å². The van der Waals surface area contributed by atoms with Gasteiger partial charge in [0.1, 0.15) is 6.04 Å². The van der Waals surface area contributed by atoms with Crippen molar-refractivity contribution < 1.29 is 19.4 Å². The maximum Gasteiger partial charge on any atom is 0.338 e. The summed E-state index contributed by atoms with van der Waals surface area (Å²) in [7, 11) is 1.31. The van der Waals surface area contributed by atoms with Crippen molar-refractivity contribution in [1.29, 1.82) is 0 Å². The minimum absolute atomic E-state index is 0.304. The third-order valence-electron chi connectivity index (χ3n) is 2.39. The first-order chi connectivity index (χ1) is 8.06. The molecule has 0 saturated heterocycles. The van der Waals surface area contributed by atoms with E-state index in [1.165, 1.54) is 7.11 Å². The molecule has 1 aromatic carbocycles. The molecular weight excluding hydrogens is 222 g/mol. The van der Waals surface area contributed by atoms with Crippen LogP contribution in [0.1, 0.15) is 22.8 Å². The van der Waals surface area contributed by atoms with Gasteiger partial charge in [-0.2, -0.15) is 0 Å². The van der Waals surface area contributed by atoms with Crippen molar-refractivity contribution in [3.63, 3.8) is 0 Å². The van der Waals surface area contributed by atoms with E-state index < -0.39 is 18.0 Å². The zero-order chi connectivity index (χ0) is 12.8. The minimum Gasteiger partial charge on any atom is -0.480 e. The van der Waals surface area contributed by atoms with Gasteiger partial charge in [-0.1, -0.05) is 18.2 Å². The number of rotatable bonds is 5. The highest BCUT2D eigenvalue weighted by atomic mass is 16.5. The lowest BCUT2D eigenvalue weighted by molar-refractivity contribution is -0.139. The molecule has 0 fully saturated rings. The minimum atomic E-state index is -0.930. The Labute approximate surface area is 99.4 Å². The van der Waals surface area contributed by atoms with Gasteiger partial charge in [-0.05, 0) is 18.6 Å². The standard InChI is InChI=1S/C12H15NO4/c1-8(11(14)15)13-7-9-5-3-4-6-10(9)12(16)17-2/h3-6,8,13H,7H2,1-2H3,(H,14,15). The van der Waals surface area contributed by atoms with Gasteiger partial charge in [0.2, 0.25) is 0 Å². The average molecular weight is 237 g/mol. The quantitative estimate of drug-likeness (QED) is 0.748. The molecule has 92 valence electrons. The predicted octanol–water partition coefficient (Wildman–Crippen LogP) is 1.04. The van der Waals surface area contributed by atoms with E-state index in [1.807, 2.05) is 0 Å². The van der Waals surface area contributed by atoms with E-state index in [2.05, 4.69) is 10.1 Å². The fraction of sp³-hybridized carbons (Fsp3) is 0.333. The smallest absolute Gasteiger partial charge is 0.338 e. The van der Waals surface area contributed by atoms with Crippen molar-refractivity contribution in [3.05, 3.63) is 35.4 Å². The van der Waals surface area contributed by atoms with Gasteiger partial charge < -0.3 is 15.2 Å². The Morgan fingerprint density at radius 3 is 2.65 bits per heavy atom. The average Bonchev–Trinajstić information content (AvgIpc) is 2.35. The van der Waals surface area contributed by atoms with E-state index in [0.29, 0.717) is 17.7 Å². The Morgan fingerprint density at radius 2 is 2.06 bits per heavy atom. The zero-order valence-electron chi connectivity index (χ0n) is 9.77. The number of hydrogen-bond acceptors (Lipinski definition) is 4. The lowest BCUT2D eigenvalue weighted by atomic mass is 10.1. The van der Waals surface area contributed by atoms with Gasteiger partial charge in [-0.15, -0.1) is 0 Å². The molecule has 0 aliphatic heterocycles. The van der Waals surface area contributed by atoms with Crippen molar-refractivity contribution in [2.45, 2.75) is 19.5 Å². The van der Waals surface area contributed by atoms with Crippen LogP contribution in [-0.2, 0) is 16.1 Å². The van der Waals surface area contributed by atoms with Crippen LogP contribution < -0.4 is 5.32 Å². The number of aliphatic carboxylic acids is 1. The number of carbonyl (C=O) groups is 2. The Balaban J connectivity index is 2.77. The molecule has 0 amide bonds. The molecule has 0 bridgehead atoms. The van der Waals surface area contributed by atoms with Crippen LogP contribution in [0.4, 0.5) is 0 Å². The third kappa shape index (κ3) is 3.57. The fourth-order valence-corrected chi connectivity index (χ4v) is 1.33. The molecule has 5 heteroatoms. The Bertz CT molecular complexity index is 417. The molecule has 0 radical (unpaired) electrons. The van der Waals surface area contributed by atoms with E-state index in [-0.39, 0.29) is 0 Å². The van der Waals surface area contributed by atoms with E-state index in [9.17, 15) is 9.59 Å². The second kappa shape index (κ2) is 6.00. The summed E-state index contributed by atoms with van der Waals surface area (Å²) < 4.78 is 4.65. The molecule has 1 atom stereocenters. The maximum atomic E-state index is 11.4. The van der Waals surface area contributed by atoms with Gasteiger partial charge >= 0.3 is 11.9 Å². The monoisotopic (exact) mass is 237 g/mol. The number of methoxy groups -OCH3 is 1. The summed E-state index contributed by atoms with van der Waals surface area (Å²) in [4.78, 5) is 22.1. The molecule has 0 saturated carbocycles. The SMILES string of the molecule is COC(=O)c1ccccc1CNC(C)C(=O)O. The summed E-state index contributed by atoms with van der Waals surface area (Å²) in [6.45, 7) is 1.85. The van der Waals surface area contributed by atoms with Crippen LogP contribution in [0.15, 0.2) is 24.3 Å². The van der Waals surface area contributed by atoms with Crippen LogP contribution >= 0.6 is 0 Å². The van der Waals surface area contributed by atoms with Crippen molar-refractivity contribution in [1.82, 2.24) is 5.32 Å². The lowest BCUT2D eigenvalue weighted by Crippen LogP contribution is -2.33. The molecule has 1 aromatic rings. The van der Waals surface area contributed by atoms with Gasteiger partial charge in [0.15, 0.2) is 0 Å². The lowest BCUT2D eigenvalue weighted by Gasteiger charge is -2.11. The van der Waals surface area contributed by atoms with Crippen LogP contribution in [0.5, 0.6) is 0 Å². The number of nitrogens with one attached hydrogen (secondary N) is 1. The van der Waals surface area contributed by atoms with Gasteiger partial charge in [-0.25, -0.2) is 4.79 Å². The Kier molecular flexibility index (Phi) is 4.66. The fourth-order valence-electron chi connectivity index (χ4n) is 1.33. The highest BCUT2D eigenvalue weighted by Crippen LogP contribution is 2.10. The van der Waals surface area contributed by atoms with Crippen LogP contribution in [0.25, 0.3) is 0 Å². The predicted molar refractivity (Wildman–Crippen MR) is 61.7 cm³/mol. The number of benzene rings is 1. The van der Waals surface area contributed by atoms with Gasteiger partial charge in [0.05, 0.1) is 12.7 Å². The van der Waals surface area contributed by atoms with Crippen LogP contribution in [0.2, 0.25) is 0 Å². The van der Waals surface area contributed by atoms with Crippen molar-refractivity contribution in [2.75, 3.05) is 7.11 Å². The summed E-state index contributed by atoms with van der Waals surface area (Å²) in [6.07, 6.45) is 0.